The van der Waals surface area contributed by atoms with Gasteiger partial charge in [-0.05, 0) is 63.9 Å². The van der Waals surface area contributed by atoms with Crippen molar-refractivity contribution < 1.29 is 4.42 Å². The third-order valence-electron chi connectivity index (χ3n) is 11.0. The summed E-state index contributed by atoms with van der Waals surface area (Å²) in [7, 11) is 0. The number of furan rings is 1. The van der Waals surface area contributed by atoms with Gasteiger partial charge in [-0.25, -0.2) is 9.97 Å². The highest BCUT2D eigenvalue weighted by Crippen LogP contribution is 2.50. The molecule has 3 heterocycles. The second-order valence-electron chi connectivity index (χ2n) is 14.1. The molecule has 2 aromatic heterocycles. The van der Waals surface area contributed by atoms with Crippen molar-refractivity contribution in [1.29, 1.82) is 0 Å². The molecule has 1 aliphatic carbocycles. The lowest BCUT2D eigenvalue weighted by Crippen LogP contribution is -2.28. The third kappa shape index (κ3) is 4.99. The van der Waals surface area contributed by atoms with E-state index in [4.69, 9.17) is 14.4 Å². The first-order chi connectivity index (χ1) is 26.7. The van der Waals surface area contributed by atoms with Crippen molar-refractivity contribution in [2.75, 3.05) is 4.90 Å². The fourth-order valence-corrected chi connectivity index (χ4v) is 8.41. The molecule has 7 aromatic carbocycles. The van der Waals surface area contributed by atoms with Crippen LogP contribution in [0.1, 0.15) is 11.5 Å². The molecule has 9 aromatic rings. The van der Waals surface area contributed by atoms with Crippen molar-refractivity contribution in [3.8, 4) is 45.0 Å². The summed E-state index contributed by atoms with van der Waals surface area (Å²) in [6, 6.07) is 57.9. The smallest absolute Gasteiger partial charge is 0.160 e. The second kappa shape index (κ2) is 12.3. The first-order valence-corrected chi connectivity index (χ1v) is 18.5. The number of allylic oxidation sites excluding steroid dienone is 2. The highest BCUT2D eigenvalue weighted by atomic mass is 16.3. The molecular weight excluding hydrogens is 659 g/mol. The van der Waals surface area contributed by atoms with Crippen molar-refractivity contribution >= 4 is 44.1 Å². The number of fused-ring (bicyclic) bond motifs is 7. The molecule has 2 atom stereocenters. The molecule has 0 amide bonds. The van der Waals surface area contributed by atoms with E-state index in [1.54, 1.807) is 0 Å². The van der Waals surface area contributed by atoms with Gasteiger partial charge in [0.15, 0.2) is 5.82 Å². The lowest BCUT2D eigenvalue weighted by molar-refractivity contribution is 0.668. The van der Waals surface area contributed by atoms with Crippen LogP contribution in [0.15, 0.2) is 193 Å². The molecule has 0 saturated heterocycles. The molecule has 54 heavy (non-hydrogen) atoms. The normalized spacial score (nSPS) is 16.0. The van der Waals surface area contributed by atoms with Crippen molar-refractivity contribution in [2.24, 2.45) is 0 Å². The molecule has 0 radical (unpaired) electrons. The van der Waals surface area contributed by atoms with Gasteiger partial charge < -0.3 is 9.32 Å². The van der Waals surface area contributed by atoms with E-state index in [2.05, 4.69) is 169 Å². The minimum Gasteiger partial charge on any atom is -0.456 e. The third-order valence-corrected chi connectivity index (χ3v) is 11.0. The maximum atomic E-state index is 6.69. The molecule has 0 N–H and O–H groups in total. The van der Waals surface area contributed by atoms with E-state index in [1.165, 1.54) is 33.2 Å². The number of benzene rings is 7. The molecule has 2 unspecified atom stereocenters. The molecule has 0 fully saturated rings. The fraction of sp³-hybridized carbons (Fsp3) is 0.0400. The number of hydrogen-bond donors (Lipinski definition) is 0. The van der Waals surface area contributed by atoms with Crippen LogP contribution >= 0.6 is 0 Å². The first-order valence-electron chi connectivity index (χ1n) is 18.5. The molecule has 4 nitrogen and oxygen atoms in total. The van der Waals surface area contributed by atoms with Gasteiger partial charge in [-0.15, -0.1) is 0 Å². The quantitative estimate of drug-likeness (QED) is 0.180. The second-order valence-corrected chi connectivity index (χ2v) is 14.1. The number of hydrogen-bond acceptors (Lipinski definition) is 4. The predicted octanol–water partition coefficient (Wildman–Crippen LogP) is 12.9. The predicted molar refractivity (Wildman–Crippen MR) is 222 cm³/mol. The van der Waals surface area contributed by atoms with Crippen molar-refractivity contribution in [1.82, 2.24) is 9.97 Å². The molecule has 0 spiro atoms. The van der Waals surface area contributed by atoms with Crippen LogP contribution in [0.5, 0.6) is 0 Å². The van der Waals surface area contributed by atoms with Crippen LogP contribution in [0.4, 0.5) is 11.4 Å². The van der Waals surface area contributed by atoms with Gasteiger partial charge in [-0.2, -0.15) is 0 Å². The Kier molecular flexibility index (Phi) is 6.96. The van der Waals surface area contributed by atoms with E-state index in [9.17, 15) is 0 Å². The number of anilines is 2. The maximum Gasteiger partial charge on any atom is 0.160 e. The zero-order valence-corrected chi connectivity index (χ0v) is 29.3. The number of nitrogens with zero attached hydrogens (tertiary/aromatic N) is 3. The topological polar surface area (TPSA) is 42.2 Å². The molecule has 254 valence electrons. The molecule has 11 rings (SSSR count). The molecule has 0 bridgehead atoms. The Morgan fingerprint density at radius 2 is 1.19 bits per heavy atom. The Hall–Kier alpha value is -7.04. The van der Waals surface area contributed by atoms with E-state index < -0.39 is 0 Å². The van der Waals surface area contributed by atoms with Gasteiger partial charge in [0.05, 0.1) is 17.4 Å². The summed E-state index contributed by atoms with van der Waals surface area (Å²) in [6.07, 6.45) is 9.00. The van der Waals surface area contributed by atoms with E-state index in [-0.39, 0.29) is 12.0 Å². The van der Waals surface area contributed by atoms with Gasteiger partial charge >= 0.3 is 0 Å². The molecular formula is C50H33N3O. The van der Waals surface area contributed by atoms with Gasteiger partial charge in [0.25, 0.3) is 0 Å². The Morgan fingerprint density at radius 1 is 0.500 bits per heavy atom. The summed E-state index contributed by atoms with van der Waals surface area (Å²) >= 11 is 0. The lowest BCUT2D eigenvalue weighted by Gasteiger charge is -2.28. The highest BCUT2D eigenvalue weighted by molar-refractivity contribution is 6.13. The fourth-order valence-electron chi connectivity index (χ4n) is 8.41. The van der Waals surface area contributed by atoms with Crippen LogP contribution in [0.25, 0.3) is 77.7 Å². The molecule has 1 aliphatic heterocycles. The van der Waals surface area contributed by atoms with Crippen LogP contribution in [0.3, 0.4) is 0 Å². The minimum atomic E-state index is 0.191. The average molecular weight is 692 g/mol. The van der Waals surface area contributed by atoms with Crippen LogP contribution in [-0.2, 0) is 0 Å². The van der Waals surface area contributed by atoms with E-state index in [0.29, 0.717) is 5.82 Å². The van der Waals surface area contributed by atoms with Gasteiger partial charge in [0, 0.05) is 50.8 Å². The lowest BCUT2D eigenvalue weighted by atomic mass is 9.90. The van der Waals surface area contributed by atoms with Crippen LogP contribution in [0, 0.1) is 0 Å². The van der Waals surface area contributed by atoms with Crippen LogP contribution < -0.4 is 4.90 Å². The summed E-state index contributed by atoms with van der Waals surface area (Å²) in [5.74, 6) is 0.972. The van der Waals surface area contributed by atoms with Gasteiger partial charge in [-0.1, -0.05) is 146 Å². The Morgan fingerprint density at radius 3 is 2.00 bits per heavy atom. The maximum absolute atomic E-state index is 6.69. The summed E-state index contributed by atoms with van der Waals surface area (Å²) in [5, 5.41) is 4.63. The monoisotopic (exact) mass is 691 g/mol. The summed E-state index contributed by atoms with van der Waals surface area (Å²) in [6.45, 7) is 0. The Labute approximate surface area is 313 Å². The van der Waals surface area contributed by atoms with Gasteiger partial charge in [-0.3, -0.25) is 0 Å². The average Bonchev–Trinajstić information content (AvgIpc) is 3.78. The summed E-state index contributed by atoms with van der Waals surface area (Å²) < 4.78 is 6.69. The standard InChI is InChI=1S/C50H33N3O/c1-3-12-32(13-4-1)33-22-24-34(25-23-33)43-31-44(52-50(51-43)35-14-5-2-6-15-35)40-19-11-21-47-49(40)41-27-26-38(30-48(41)54-47)53-45-20-10-9-18-39(45)42-28-36-16-7-8-17-37(36)29-46(42)53/h1-31,39,45H. The van der Waals surface area contributed by atoms with Crippen molar-refractivity contribution in [2.45, 2.75) is 12.0 Å². The molecule has 0 saturated carbocycles. The first kappa shape index (κ1) is 30.6. The highest BCUT2D eigenvalue weighted by Gasteiger charge is 2.38. The SMILES string of the molecule is C1=CC2c3cc4ccccc4cc3N(c3ccc4c(c3)oc3cccc(-c5cc(-c6ccc(-c7ccccc7)cc6)nc(-c6ccccc6)n5)c34)C2C=C1. The van der Waals surface area contributed by atoms with Gasteiger partial charge in [0.1, 0.15) is 11.2 Å². The van der Waals surface area contributed by atoms with Crippen molar-refractivity contribution in [3.63, 3.8) is 0 Å². The zero-order chi connectivity index (χ0) is 35.6. The zero-order valence-electron chi connectivity index (χ0n) is 29.3. The van der Waals surface area contributed by atoms with Gasteiger partial charge in [0.2, 0.25) is 0 Å². The molecule has 2 aliphatic rings. The summed E-state index contributed by atoms with van der Waals surface area (Å²) in [4.78, 5) is 12.8. The van der Waals surface area contributed by atoms with Crippen LogP contribution in [0.2, 0.25) is 0 Å². The number of rotatable bonds is 5. The van der Waals surface area contributed by atoms with E-state index in [1.807, 2.05) is 24.3 Å². The largest absolute Gasteiger partial charge is 0.456 e. The van der Waals surface area contributed by atoms with Crippen molar-refractivity contribution in [3.05, 3.63) is 194 Å². The Balaban J connectivity index is 1.04. The number of aromatic nitrogens is 2. The van der Waals surface area contributed by atoms with E-state index >= 15 is 0 Å². The molecule has 4 heteroatoms. The Bertz CT molecular complexity index is 2940. The summed E-state index contributed by atoms with van der Waals surface area (Å²) in [5.41, 5.74) is 12.5. The van der Waals surface area contributed by atoms with E-state index in [0.717, 1.165) is 55.7 Å². The van der Waals surface area contributed by atoms with Crippen LogP contribution in [-0.4, -0.2) is 16.0 Å². The minimum absolute atomic E-state index is 0.191.